The lowest BCUT2D eigenvalue weighted by molar-refractivity contribution is 0.0957. The number of aryl methyl sites for hydroxylation is 1. The zero-order valence-electron chi connectivity index (χ0n) is 19.0. The van der Waals surface area contributed by atoms with E-state index in [1.54, 1.807) is 25.1 Å². The van der Waals surface area contributed by atoms with Crippen LogP contribution in [0.5, 0.6) is 0 Å². The maximum Gasteiger partial charge on any atom is 0.269 e. The molecule has 0 bridgehead atoms. The van der Waals surface area contributed by atoms with E-state index in [0.717, 1.165) is 25.9 Å². The first-order valence-electron chi connectivity index (χ1n) is 11.4. The van der Waals surface area contributed by atoms with Gasteiger partial charge in [0.2, 0.25) is 5.95 Å². The molecule has 2 atom stereocenters. The summed E-state index contributed by atoms with van der Waals surface area (Å²) in [4.78, 5) is 36.2. The van der Waals surface area contributed by atoms with Gasteiger partial charge >= 0.3 is 0 Å². The Labute approximate surface area is 194 Å². The van der Waals surface area contributed by atoms with Gasteiger partial charge in [-0.25, -0.2) is 14.4 Å². The van der Waals surface area contributed by atoms with E-state index in [1.807, 2.05) is 0 Å². The molecule has 3 aromatic rings. The van der Waals surface area contributed by atoms with Crippen LogP contribution in [0.25, 0.3) is 11.0 Å². The van der Waals surface area contributed by atoms with E-state index < -0.39 is 17.7 Å². The number of benzene rings is 1. The largest absolute Gasteiger partial charge is 0.379 e. The van der Waals surface area contributed by atoms with Gasteiger partial charge in [-0.15, -0.1) is 0 Å². The molecule has 0 spiro atoms. The lowest BCUT2D eigenvalue weighted by atomic mass is 10.0. The number of hydrogen-bond donors (Lipinski definition) is 3. The standard InChI is InChI=1S/C24H26F2N6O2/c1-12-23(33)31-21-17(28-12)4-3-13(20(21)25)9-32-10-14-7-16(8-15(14)11-32)29-18-5-6-19(24(34)27-2)30-22(18)26/h3-6,14-16,29H,7-11H2,1-2H3,(H,27,34)(H,31,33). The number of anilines is 1. The molecule has 3 heterocycles. The van der Waals surface area contributed by atoms with Gasteiger partial charge < -0.3 is 15.6 Å². The molecule has 5 rings (SSSR count). The summed E-state index contributed by atoms with van der Waals surface area (Å²) in [7, 11) is 1.47. The number of nitrogens with one attached hydrogen (secondary N) is 3. The summed E-state index contributed by atoms with van der Waals surface area (Å²) in [5.74, 6) is -0.671. The van der Waals surface area contributed by atoms with Crippen LogP contribution in [0, 0.1) is 30.5 Å². The van der Waals surface area contributed by atoms with Crippen molar-refractivity contribution in [3.63, 3.8) is 0 Å². The zero-order chi connectivity index (χ0) is 24.0. The molecule has 2 unspecified atom stereocenters. The number of fused-ring (bicyclic) bond motifs is 2. The average molecular weight is 469 g/mol. The van der Waals surface area contributed by atoms with Gasteiger partial charge in [0.1, 0.15) is 16.9 Å². The second-order valence-corrected chi connectivity index (χ2v) is 9.23. The van der Waals surface area contributed by atoms with Gasteiger partial charge in [-0.3, -0.25) is 14.5 Å². The van der Waals surface area contributed by atoms with Crippen molar-refractivity contribution in [2.75, 3.05) is 25.5 Å². The average Bonchev–Trinajstić information content (AvgIpc) is 3.36. The summed E-state index contributed by atoms with van der Waals surface area (Å²) in [5.41, 5.74) is 1.39. The molecule has 1 saturated carbocycles. The maximum atomic E-state index is 15.1. The Morgan fingerprint density at radius 1 is 1.15 bits per heavy atom. The molecule has 2 aliphatic rings. The monoisotopic (exact) mass is 468 g/mol. The first kappa shape index (κ1) is 22.4. The first-order chi connectivity index (χ1) is 16.3. The fourth-order valence-corrected chi connectivity index (χ4v) is 5.28. The van der Waals surface area contributed by atoms with E-state index in [1.165, 1.54) is 13.1 Å². The normalized spacial score (nSPS) is 22.2. The van der Waals surface area contributed by atoms with E-state index in [-0.39, 0.29) is 22.8 Å². The van der Waals surface area contributed by atoms with Crippen molar-refractivity contribution in [3.05, 3.63) is 63.3 Å². The summed E-state index contributed by atoms with van der Waals surface area (Å²) in [5, 5.41) is 5.67. The van der Waals surface area contributed by atoms with Gasteiger partial charge in [0, 0.05) is 38.3 Å². The molecule has 2 fully saturated rings. The number of aromatic amines is 1. The molecular weight excluding hydrogens is 442 g/mol. The second kappa shape index (κ2) is 8.75. The zero-order valence-corrected chi connectivity index (χ0v) is 19.0. The third-order valence-corrected chi connectivity index (χ3v) is 6.94. The Bertz CT molecular complexity index is 1310. The summed E-state index contributed by atoms with van der Waals surface area (Å²) in [6.45, 7) is 3.72. The second-order valence-electron chi connectivity index (χ2n) is 9.23. The molecule has 178 valence electrons. The fourth-order valence-electron chi connectivity index (χ4n) is 5.28. The number of aromatic nitrogens is 3. The minimum Gasteiger partial charge on any atom is -0.379 e. The minimum absolute atomic E-state index is 0.0420. The molecule has 1 amide bonds. The maximum absolute atomic E-state index is 15.1. The molecular formula is C24H26F2N6O2. The third-order valence-electron chi connectivity index (χ3n) is 6.94. The van der Waals surface area contributed by atoms with Crippen molar-refractivity contribution in [1.82, 2.24) is 25.2 Å². The highest BCUT2D eigenvalue weighted by atomic mass is 19.1. The Balaban J connectivity index is 1.21. The summed E-state index contributed by atoms with van der Waals surface area (Å²) >= 11 is 0. The predicted octanol–water partition coefficient (Wildman–Crippen LogP) is 2.59. The van der Waals surface area contributed by atoms with Crippen LogP contribution >= 0.6 is 0 Å². The Morgan fingerprint density at radius 3 is 2.56 bits per heavy atom. The SMILES string of the molecule is CNC(=O)c1ccc(NC2CC3CN(Cc4ccc5nc(C)c(=O)[nH]c5c4F)CC3C2)c(F)n1. The molecule has 1 aromatic carbocycles. The van der Waals surface area contributed by atoms with E-state index in [4.69, 9.17) is 0 Å². The van der Waals surface area contributed by atoms with Crippen molar-refractivity contribution in [2.24, 2.45) is 11.8 Å². The first-order valence-corrected chi connectivity index (χ1v) is 11.4. The van der Waals surface area contributed by atoms with Crippen LogP contribution in [0.2, 0.25) is 0 Å². The Hall–Kier alpha value is -3.40. The quantitative estimate of drug-likeness (QED) is 0.498. The van der Waals surface area contributed by atoms with Crippen LogP contribution in [0.1, 0.15) is 34.6 Å². The van der Waals surface area contributed by atoms with Crippen LogP contribution in [0.15, 0.2) is 29.1 Å². The number of hydrogen-bond acceptors (Lipinski definition) is 6. The highest BCUT2D eigenvalue weighted by Crippen LogP contribution is 2.40. The van der Waals surface area contributed by atoms with Gasteiger partial charge in [0.05, 0.1) is 11.2 Å². The highest BCUT2D eigenvalue weighted by Gasteiger charge is 2.41. The number of carbonyl (C=O) groups is 1. The highest BCUT2D eigenvalue weighted by molar-refractivity contribution is 5.92. The smallest absolute Gasteiger partial charge is 0.269 e. The van der Waals surface area contributed by atoms with Crippen molar-refractivity contribution < 1.29 is 13.6 Å². The van der Waals surface area contributed by atoms with E-state index in [2.05, 4.69) is 30.5 Å². The van der Waals surface area contributed by atoms with Crippen LogP contribution in [0.4, 0.5) is 14.5 Å². The summed E-state index contributed by atoms with van der Waals surface area (Å²) in [6, 6.07) is 6.65. The Morgan fingerprint density at radius 2 is 1.88 bits per heavy atom. The number of rotatable bonds is 5. The van der Waals surface area contributed by atoms with Gasteiger partial charge in [0.15, 0.2) is 5.82 Å². The van der Waals surface area contributed by atoms with Gasteiger partial charge in [0.25, 0.3) is 11.5 Å². The van der Waals surface area contributed by atoms with E-state index in [9.17, 15) is 14.0 Å². The van der Waals surface area contributed by atoms with E-state index in [0.29, 0.717) is 40.8 Å². The molecule has 1 aliphatic carbocycles. The molecule has 34 heavy (non-hydrogen) atoms. The van der Waals surface area contributed by atoms with Crippen molar-refractivity contribution in [3.8, 4) is 0 Å². The van der Waals surface area contributed by atoms with Crippen molar-refractivity contribution >= 4 is 22.6 Å². The fraction of sp³-hybridized carbons (Fsp3) is 0.417. The Kier molecular flexibility index (Phi) is 5.76. The number of nitrogens with zero attached hydrogens (tertiary/aromatic N) is 3. The lowest BCUT2D eigenvalue weighted by Gasteiger charge is -2.21. The summed E-state index contributed by atoms with van der Waals surface area (Å²) in [6.07, 6.45) is 1.77. The third kappa shape index (κ3) is 4.13. The predicted molar refractivity (Wildman–Crippen MR) is 124 cm³/mol. The lowest BCUT2D eigenvalue weighted by Crippen LogP contribution is -2.26. The van der Waals surface area contributed by atoms with Gasteiger partial charge in [-0.2, -0.15) is 4.39 Å². The molecule has 3 N–H and O–H groups in total. The van der Waals surface area contributed by atoms with Crippen LogP contribution < -0.4 is 16.2 Å². The molecule has 8 nitrogen and oxygen atoms in total. The molecule has 2 aromatic heterocycles. The van der Waals surface area contributed by atoms with Gasteiger partial charge in [-0.1, -0.05) is 6.07 Å². The number of pyridine rings is 1. The van der Waals surface area contributed by atoms with Crippen LogP contribution in [0.3, 0.4) is 0 Å². The molecule has 10 heteroatoms. The number of likely N-dealkylation sites (tertiary alicyclic amines) is 1. The van der Waals surface area contributed by atoms with Crippen LogP contribution in [-0.2, 0) is 6.54 Å². The summed E-state index contributed by atoms with van der Waals surface area (Å²) < 4.78 is 29.4. The van der Waals surface area contributed by atoms with Crippen molar-refractivity contribution in [2.45, 2.75) is 32.4 Å². The van der Waals surface area contributed by atoms with Crippen LogP contribution in [-0.4, -0.2) is 51.9 Å². The van der Waals surface area contributed by atoms with E-state index >= 15 is 4.39 Å². The van der Waals surface area contributed by atoms with Crippen molar-refractivity contribution in [1.29, 1.82) is 0 Å². The number of carbonyl (C=O) groups excluding carboxylic acids is 1. The molecule has 1 aliphatic heterocycles. The number of amides is 1. The number of halogens is 2. The van der Waals surface area contributed by atoms with Gasteiger partial charge in [-0.05, 0) is 49.8 Å². The number of H-pyrrole nitrogens is 1. The molecule has 1 saturated heterocycles. The minimum atomic E-state index is -0.686. The molecule has 0 radical (unpaired) electrons. The topological polar surface area (TPSA) is 103 Å².